The van der Waals surface area contributed by atoms with Crippen molar-refractivity contribution in [1.82, 2.24) is 15.5 Å². The summed E-state index contributed by atoms with van der Waals surface area (Å²) in [5.74, 6) is 1.20. The molecule has 1 fully saturated rings. The van der Waals surface area contributed by atoms with Gasteiger partial charge in [-0.3, -0.25) is 9.79 Å². The number of carbonyl (C=O) groups is 1. The van der Waals surface area contributed by atoms with Crippen molar-refractivity contribution in [3.05, 3.63) is 70.7 Å². The predicted octanol–water partition coefficient (Wildman–Crippen LogP) is 3.57. The van der Waals surface area contributed by atoms with Gasteiger partial charge in [-0.1, -0.05) is 54.1 Å². The fourth-order valence-electron chi connectivity index (χ4n) is 3.58. The zero-order valence-electron chi connectivity index (χ0n) is 18.0. The van der Waals surface area contributed by atoms with E-state index in [1.54, 1.807) is 18.2 Å². The topological polar surface area (TPSA) is 66.0 Å². The molecule has 3 rings (SSSR count). The van der Waals surface area contributed by atoms with Crippen LogP contribution in [0.25, 0.3) is 0 Å². The molecule has 1 amide bonds. The third-order valence-corrected chi connectivity index (χ3v) is 5.49. The maximum absolute atomic E-state index is 12.3. The lowest BCUT2D eigenvalue weighted by atomic mass is 10.1. The quantitative estimate of drug-likeness (QED) is 0.354. The lowest BCUT2D eigenvalue weighted by Gasteiger charge is -2.21. The average molecular weight is 443 g/mol. The molecule has 1 aliphatic heterocycles. The number of hydrogen-bond donors (Lipinski definition) is 2. The van der Waals surface area contributed by atoms with Gasteiger partial charge in [0.05, 0.1) is 30.3 Å². The molecule has 0 radical (unpaired) electrons. The highest BCUT2D eigenvalue weighted by Crippen LogP contribution is 2.17. The highest BCUT2D eigenvalue weighted by atomic mass is 35.5. The van der Waals surface area contributed by atoms with E-state index in [0.29, 0.717) is 36.2 Å². The summed E-state index contributed by atoms with van der Waals surface area (Å²) in [7, 11) is 0. The normalized spacial score (nSPS) is 16.4. The van der Waals surface area contributed by atoms with E-state index in [2.05, 4.69) is 39.6 Å². The molecule has 2 N–H and O–H groups in total. The Morgan fingerprint density at radius 3 is 2.71 bits per heavy atom. The number of amides is 1. The van der Waals surface area contributed by atoms with Crippen molar-refractivity contribution < 1.29 is 9.53 Å². The molecule has 0 saturated carbocycles. The Kier molecular flexibility index (Phi) is 9.18. The number of hydrogen-bond acceptors (Lipinski definition) is 3. The fraction of sp³-hybridized carbons (Fsp3) is 0.417. The summed E-state index contributed by atoms with van der Waals surface area (Å²) in [6, 6.07) is 17.3. The van der Waals surface area contributed by atoms with Gasteiger partial charge >= 0.3 is 0 Å². The van der Waals surface area contributed by atoms with Gasteiger partial charge in [-0.15, -0.1) is 0 Å². The zero-order valence-corrected chi connectivity index (χ0v) is 18.8. The highest BCUT2D eigenvalue weighted by molar-refractivity contribution is 6.33. The molecule has 1 aliphatic rings. The largest absolute Gasteiger partial charge is 0.376 e. The summed E-state index contributed by atoms with van der Waals surface area (Å²) >= 11 is 6.08. The van der Waals surface area contributed by atoms with E-state index in [4.69, 9.17) is 16.3 Å². The molecule has 7 heteroatoms. The number of nitrogens with one attached hydrogen (secondary N) is 2. The summed E-state index contributed by atoms with van der Waals surface area (Å²) in [5, 5.41) is 6.69. The van der Waals surface area contributed by atoms with Gasteiger partial charge in [0.15, 0.2) is 5.96 Å². The number of rotatable bonds is 9. The summed E-state index contributed by atoms with van der Waals surface area (Å²) in [4.78, 5) is 19.2. The second kappa shape index (κ2) is 12.3. The van der Waals surface area contributed by atoms with E-state index in [-0.39, 0.29) is 5.91 Å². The lowest BCUT2D eigenvalue weighted by molar-refractivity contribution is 0.0906. The smallest absolute Gasteiger partial charge is 0.252 e. The molecule has 0 spiro atoms. The minimum absolute atomic E-state index is 0.178. The van der Waals surface area contributed by atoms with Crippen molar-refractivity contribution in [2.75, 3.05) is 39.3 Å². The number of aliphatic imine (C=N–C) groups is 1. The Morgan fingerprint density at radius 1 is 1.16 bits per heavy atom. The molecule has 0 bridgehead atoms. The first kappa shape index (κ1) is 23.1. The average Bonchev–Trinajstić information content (AvgIpc) is 3.25. The van der Waals surface area contributed by atoms with E-state index in [9.17, 15) is 4.79 Å². The second-order valence-electron chi connectivity index (χ2n) is 7.57. The molecule has 2 aromatic rings. The SMILES string of the molecule is CCNC(=NCCNC(=O)c1ccccc1Cl)N1CCC(COCc2ccccc2)C1. The van der Waals surface area contributed by atoms with Gasteiger partial charge in [-0.2, -0.15) is 0 Å². The van der Waals surface area contributed by atoms with Gasteiger partial charge in [0.2, 0.25) is 0 Å². The zero-order chi connectivity index (χ0) is 21.9. The monoisotopic (exact) mass is 442 g/mol. The number of nitrogens with zero attached hydrogens (tertiary/aromatic N) is 2. The van der Waals surface area contributed by atoms with Gasteiger partial charge in [-0.25, -0.2) is 0 Å². The van der Waals surface area contributed by atoms with Crippen LogP contribution < -0.4 is 10.6 Å². The third kappa shape index (κ3) is 7.26. The molecule has 1 unspecified atom stereocenters. The molecule has 0 aliphatic carbocycles. The number of likely N-dealkylation sites (tertiary alicyclic amines) is 1. The van der Waals surface area contributed by atoms with Crippen molar-refractivity contribution in [2.24, 2.45) is 10.9 Å². The van der Waals surface area contributed by atoms with Crippen LogP contribution in [0, 0.1) is 5.92 Å². The van der Waals surface area contributed by atoms with E-state index < -0.39 is 0 Å². The van der Waals surface area contributed by atoms with Crippen molar-refractivity contribution in [3.8, 4) is 0 Å². The number of ether oxygens (including phenoxy) is 1. The van der Waals surface area contributed by atoms with Crippen LogP contribution in [0.3, 0.4) is 0 Å². The number of guanidine groups is 1. The van der Waals surface area contributed by atoms with Crippen LogP contribution in [0.2, 0.25) is 5.02 Å². The summed E-state index contributed by atoms with van der Waals surface area (Å²) in [6.07, 6.45) is 1.09. The van der Waals surface area contributed by atoms with Crippen LogP contribution >= 0.6 is 11.6 Å². The second-order valence-corrected chi connectivity index (χ2v) is 7.98. The van der Waals surface area contributed by atoms with Gasteiger partial charge in [-0.05, 0) is 31.0 Å². The van der Waals surface area contributed by atoms with E-state index in [1.165, 1.54) is 5.56 Å². The van der Waals surface area contributed by atoms with Crippen molar-refractivity contribution in [1.29, 1.82) is 0 Å². The Bertz CT molecular complexity index is 860. The first-order valence-electron chi connectivity index (χ1n) is 10.8. The molecule has 1 saturated heterocycles. The molecule has 0 aromatic heterocycles. The van der Waals surface area contributed by atoms with Crippen LogP contribution in [0.15, 0.2) is 59.6 Å². The van der Waals surface area contributed by atoms with Crippen molar-refractivity contribution in [3.63, 3.8) is 0 Å². The van der Waals surface area contributed by atoms with Gasteiger partial charge in [0.25, 0.3) is 5.91 Å². The van der Waals surface area contributed by atoms with Crippen molar-refractivity contribution >= 4 is 23.5 Å². The van der Waals surface area contributed by atoms with Crippen LogP contribution in [-0.2, 0) is 11.3 Å². The molecule has 1 heterocycles. The molecule has 2 aromatic carbocycles. The molecular weight excluding hydrogens is 412 g/mol. The third-order valence-electron chi connectivity index (χ3n) is 5.16. The van der Waals surface area contributed by atoms with E-state index in [1.807, 2.05) is 24.3 Å². The number of halogens is 1. The summed E-state index contributed by atoms with van der Waals surface area (Å²) in [5.41, 5.74) is 1.68. The van der Waals surface area contributed by atoms with Crippen LogP contribution in [0.1, 0.15) is 29.3 Å². The van der Waals surface area contributed by atoms with Gasteiger partial charge < -0.3 is 20.3 Å². The minimum atomic E-state index is -0.178. The molecular formula is C24H31ClN4O2. The van der Waals surface area contributed by atoms with Gasteiger partial charge in [0.1, 0.15) is 0 Å². The van der Waals surface area contributed by atoms with Crippen LogP contribution in [0.4, 0.5) is 0 Å². The number of carbonyl (C=O) groups excluding carboxylic acids is 1. The summed E-state index contributed by atoms with van der Waals surface area (Å²) < 4.78 is 5.92. The van der Waals surface area contributed by atoms with E-state index in [0.717, 1.165) is 38.6 Å². The van der Waals surface area contributed by atoms with Crippen LogP contribution in [0.5, 0.6) is 0 Å². The minimum Gasteiger partial charge on any atom is -0.376 e. The maximum atomic E-state index is 12.3. The Hall–Kier alpha value is -2.57. The Labute approximate surface area is 189 Å². The first-order chi connectivity index (χ1) is 15.2. The first-order valence-corrected chi connectivity index (χ1v) is 11.2. The predicted molar refractivity (Wildman–Crippen MR) is 126 cm³/mol. The molecule has 6 nitrogen and oxygen atoms in total. The number of benzene rings is 2. The Balaban J connectivity index is 1.42. The molecule has 1 atom stereocenters. The van der Waals surface area contributed by atoms with Crippen molar-refractivity contribution in [2.45, 2.75) is 20.0 Å². The Morgan fingerprint density at radius 2 is 1.94 bits per heavy atom. The van der Waals surface area contributed by atoms with Gasteiger partial charge in [0, 0.05) is 32.1 Å². The maximum Gasteiger partial charge on any atom is 0.252 e. The molecule has 166 valence electrons. The summed E-state index contributed by atoms with van der Waals surface area (Å²) in [6.45, 7) is 7.10. The fourth-order valence-corrected chi connectivity index (χ4v) is 3.80. The van der Waals surface area contributed by atoms with Crippen LogP contribution in [-0.4, -0.2) is 56.1 Å². The molecule has 31 heavy (non-hydrogen) atoms. The standard InChI is InChI=1S/C24H31ClN4O2/c1-2-26-24(28-14-13-27-23(30)21-10-6-7-11-22(21)25)29-15-12-20(16-29)18-31-17-19-8-4-3-5-9-19/h3-11,20H,2,12-18H2,1H3,(H,26,28)(H,27,30). The van der Waals surface area contributed by atoms with E-state index >= 15 is 0 Å². The lowest BCUT2D eigenvalue weighted by Crippen LogP contribution is -2.40. The highest BCUT2D eigenvalue weighted by Gasteiger charge is 2.25.